The summed E-state index contributed by atoms with van der Waals surface area (Å²) in [6.07, 6.45) is 1.60. The van der Waals surface area contributed by atoms with Crippen molar-refractivity contribution in [2.75, 3.05) is 27.2 Å². The lowest BCUT2D eigenvalue weighted by Crippen LogP contribution is -2.36. The number of amides is 2. The van der Waals surface area contributed by atoms with Crippen LogP contribution in [0.1, 0.15) is 10.4 Å². The lowest BCUT2D eigenvalue weighted by atomic mass is 10.2. The van der Waals surface area contributed by atoms with Crippen molar-refractivity contribution in [3.05, 3.63) is 42.5 Å². The fourth-order valence-electron chi connectivity index (χ4n) is 1.34. The number of carbonyl (C=O) groups excluding carboxylic acids is 2. The minimum atomic E-state index is -0.338. The van der Waals surface area contributed by atoms with E-state index in [9.17, 15) is 9.59 Å². The topological polar surface area (TPSA) is 58.6 Å². The van der Waals surface area contributed by atoms with Gasteiger partial charge in [-0.15, -0.1) is 0 Å². The fourth-order valence-corrected chi connectivity index (χ4v) is 1.34. The first-order valence-corrected chi connectivity index (χ1v) is 5.87. The molecular weight excluding hydrogens is 244 g/mol. The van der Waals surface area contributed by atoms with E-state index < -0.39 is 0 Å². The van der Waals surface area contributed by atoms with Crippen LogP contribution in [0.2, 0.25) is 0 Å². The Balaban J connectivity index is 2.70. The Morgan fingerprint density at radius 1 is 1.37 bits per heavy atom. The number of hydrogen-bond acceptors (Lipinski definition) is 3. The molecule has 0 spiro atoms. The van der Waals surface area contributed by atoms with Gasteiger partial charge in [-0.05, 0) is 12.1 Å². The second-order valence-corrected chi connectivity index (χ2v) is 4.07. The Morgan fingerprint density at radius 3 is 2.68 bits per heavy atom. The summed E-state index contributed by atoms with van der Waals surface area (Å²) in [4.78, 5) is 24.8. The summed E-state index contributed by atoms with van der Waals surface area (Å²) < 4.78 is 5.39. The van der Waals surface area contributed by atoms with Crippen LogP contribution >= 0.6 is 0 Å². The third-order valence-electron chi connectivity index (χ3n) is 2.39. The Morgan fingerprint density at radius 2 is 2.05 bits per heavy atom. The number of carbonyl (C=O) groups is 2. The molecule has 0 saturated carbocycles. The van der Waals surface area contributed by atoms with Gasteiger partial charge in [-0.2, -0.15) is 0 Å². The second-order valence-electron chi connectivity index (χ2n) is 4.07. The Bertz CT molecular complexity index is 470. The smallest absolute Gasteiger partial charge is 0.255 e. The molecule has 5 nitrogen and oxygen atoms in total. The molecule has 1 aromatic rings. The maximum Gasteiger partial charge on any atom is 0.255 e. The maximum atomic E-state index is 12.0. The molecule has 0 aromatic heterocycles. The van der Waals surface area contributed by atoms with Crippen LogP contribution < -0.4 is 10.1 Å². The second kappa shape index (κ2) is 7.20. The molecule has 1 N–H and O–H groups in total. The van der Waals surface area contributed by atoms with Crippen molar-refractivity contribution < 1.29 is 14.3 Å². The third kappa shape index (κ3) is 4.46. The fraction of sp³-hybridized carbons (Fsp3) is 0.286. The van der Waals surface area contributed by atoms with Crippen LogP contribution in [0.5, 0.6) is 5.75 Å². The molecule has 0 aliphatic carbocycles. The number of para-hydroxylation sites is 1. The molecule has 0 unspecified atom stereocenters. The minimum Gasteiger partial charge on any atom is -0.489 e. The lowest BCUT2D eigenvalue weighted by molar-refractivity contribution is -0.127. The molecule has 2 amide bonds. The zero-order valence-corrected chi connectivity index (χ0v) is 11.2. The monoisotopic (exact) mass is 262 g/mol. The van der Waals surface area contributed by atoms with Gasteiger partial charge in [-0.1, -0.05) is 24.8 Å². The van der Waals surface area contributed by atoms with Crippen molar-refractivity contribution in [3.8, 4) is 5.75 Å². The molecule has 1 aromatic carbocycles. The van der Waals surface area contributed by atoms with Crippen LogP contribution in [0.4, 0.5) is 0 Å². The molecule has 0 radical (unpaired) electrons. The molecular formula is C14H18N2O3. The molecule has 1 rings (SSSR count). The molecule has 0 fully saturated rings. The predicted molar refractivity (Wildman–Crippen MR) is 73.2 cm³/mol. The van der Waals surface area contributed by atoms with Crippen LogP contribution in [0.25, 0.3) is 0 Å². The van der Waals surface area contributed by atoms with Crippen LogP contribution in [0, 0.1) is 0 Å². The van der Waals surface area contributed by atoms with Gasteiger partial charge in [0.25, 0.3) is 5.91 Å². The van der Waals surface area contributed by atoms with Crippen LogP contribution in [-0.4, -0.2) is 44.0 Å². The number of nitrogens with one attached hydrogen (secondary N) is 1. The summed E-state index contributed by atoms with van der Waals surface area (Å²) in [5.41, 5.74) is 0.399. The van der Waals surface area contributed by atoms with Crippen molar-refractivity contribution in [1.29, 1.82) is 0 Å². The van der Waals surface area contributed by atoms with E-state index in [0.717, 1.165) is 0 Å². The summed E-state index contributed by atoms with van der Waals surface area (Å²) >= 11 is 0. The number of likely N-dealkylation sites (N-methyl/N-ethyl adjacent to an activating group) is 1. The molecule has 5 heteroatoms. The van der Waals surface area contributed by atoms with E-state index >= 15 is 0 Å². The van der Waals surface area contributed by atoms with Crippen molar-refractivity contribution in [2.45, 2.75) is 0 Å². The average molecular weight is 262 g/mol. The highest BCUT2D eigenvalue weighted by molar-refractivity contribution is 5.98. The molecule has 0 atom stereocenters. The Kier molecular flexibility index (Phi) is 5.60. The average Bonchev–Trinajstić information content (AvgIpc) is 2.42. The van der Waals surface area contributed by atoms with Crippen LogP contribution in [0.15, 0.2) is 36.9 Å². The first-order chi connectivity index (χ1) is 9.06. The van der Waals surface area contributed by atoms with Crippen LogP contribution in [0.3, 0.4) is 0 Å². The normalized spacial score (nSPS) is 9.58. The molecule has 0 heterocycles. The van der Waals surface area contributed by atoms with Gasteiger partial charge in [0.05, 0.1) is 12.1 Å². The number of hydrogen-bond donors (Lipinski definition) is 1. The van der Waals surface area contributed by atoms with Gasteiger partial charge >= 0.3 is 0 Å². The van der Waals surface area contributed by atoms with Gasteiger partial charge in [-0.25, -0.2) is 0 Å². The summed E-state index contributed by atoms with van der Waals surface area (Å²) in [5, 5.41) is 2.56. The van der Waals surface area contributed by atoms with Gasteiger partial charge < -0.3 is 15.0 Å². The highest BCUT2D eigenvalue weighted by atomic mass is 16.5. The highest BCUT2D eigenvalue weighted by Gasteiger charge is 2.13. The zero-order chi connectivity index (χ0) is 14.3. The van der Waals surface area contributed by atoms with Crippen molar-refractivity contribution >= 4 is 11.8 Å². The van der Waals surface area contributed by atoms with Gasteiger partial charge in [0.1, 0.15) is 12.4 Å². The van der Waals surface area contributed by atoms with Crippen LogP contribution in [-0.2, 0) is 4.79 Å². The van der Waals surface area contributed by atoms with Gasteiger partial charge in [0.15, 0.2) is 0 Å². The predicted octanol–water partition coefficient (Wildman–Crippen LogP) is 1.07. The standard InChI is InChI=1S/C14H18N2O3/c1-4-9-19-12-8-6-5-7-11(12)14(18)15-10-13(17)16(2)3/h4-8H,1,9-10H2,2-3H3,(H,15,18). The first-order valence-electron chi connectivity index (χ1n) is 5.87. The first kappa shape index (κ1) is 14.8. The molecule has 0 aliphatic rings. The maximum absolute atomic E-state index is 12.0. The zero-order valence-electron chi connectivity index (χ0n) is 11.2. The summed E-state index contributed by atoms with van der Waals surface area (Å²) in [5.74, 6) is -0.0371. The summed E-state index contributed by atoms with van der Waals surface area (Å²) in [6.45, 7) is 3.83. The van der Waals surface area contributed by atoms with Gasteiger partial charge in [-0.3, -0.25) is 9.59 Å². The molecule has 0 saturated heterocycles. The largest absolute Gasteiger partial charge is 0.489 e. The summed E-state index contributed by atoms with van der Waals surface area (Å²) in [6, 6.07) is 6.86. The number of ether oxygens (including phenoxy) is 1. The Labute approximate surface area is 112 Å². The Hall–Kier alpha value is -2.30. The van der Waals surface area contributed by atoms with Crippen molar-refractivity contribution in [1.82, 2.24) is 10.2 Å². The lowest BCUT2D eigenvalue weighted by Gasteiger charge is -2.12. The van der Waals surface area contributed by atoms with Crippen molar-refractivity contribution in [2.24, 2.45) is 0 Å². The third-order valence-corrected chi connectivity index (χ3v) is 2.39. The number of rotatable bonds is 6. The summed E-state index contributed by atoms with van der Waals surface area (Å²) in [7, 11) is 3.27. The van der Waals surface area contributed by atoms with E-state index in [2.05, 4.69) is 11.9 Å². The molecule has 102 valence electrons. The van der Waals surface area contributed by atoms with E-state index in [0.29, 0.717) is 17.9 Å². The quantitative estimate of drug-likeness (QED) is 0.780. The van der Waals surface area contributed by atoms with Gasteiger partial charge in [0.2, 0.25) is 5.91 Å². The minimum absolute atomic E-state index is 0.0401. The van der Waals surface area contributed by atoms with E-state index in [-0.39, 0.29) is 18.4 Å². The number of nitrogens with zero attached hydrogens (tertiary/aromatic N) is 1. The van der Waals surface area contributed by atoms with Crippen molar-refractivity contribution in [3.63, 3.8) is 0 Å². The molecule has 0 aliphatic heterocycles. The highest BCUT2D eigenvalue weighted by Crippen LogP contribution is 2.17. The number of benzene rings is 1. The van der Waals surface area contributed by atoms with E-state index in [4.69, 9.17) is 4.74 Å². The van der Waals surface area contributed by atoms with E-state index in [1.807, 2.05) is 0 Å². The molecule has 0 bridgehead atoms. The van der Waals surface area contributed by atoms with Gasteiger partial charge in [0, 0.05) is 14.1 Å². The van der Waals surface area contributed by atoms with E-state index in [1.54, 1.807) is 44.4 Å². The van der Waals surface area contributed by atoms with E-state index in [1.165, 1.54) is 4.90 Å². The molecule has 19 heavy (non-hydrogen) atoms. The SMILES string of the molecule is C=CCOc1ccccc1C(=O)NCC(=O)N(C)C.